The minimum absolute atomic E-state index is 0.227. The smallest absolute Gasteiger partial charge is 0.333 e. The molecular weight excluding hydrogens is 390 g/mol. The first-order valence-corrected chi connectivity index (χ1v) is 8.16. The fraction of sp³-hybridized carbons (Fsp3) is 0.278. The van der Waals surface area contributed by atoms with Crippen molar-refractivity contribution in [2.75, 3.05) is 0 Å². The largest absolute Gasteiger partial charge is 0.504 e. The van der Waals surface area contributed by atoms with Crippen LogP contribution in [0.4, 0.5) is 5.69 Å². The average molecular weight is 411 g/mol. The predicted molar refractivity (Wildman–Crippen MR) is 99.1 cm³/mol. The summed E-state index contributed by atoms with van der Waals surface area (Å²) < 4.78 is 4.94. The van der Waals surface area contributed by atoms with Gasteiger partial charge in [-0.15, -0.1) is 6.58 Å². The number of nitro benzene ring substituents is 1. The molecule has 29 heavy (non-hydrogen) atoms. The highest BCUT2D eigenvalue weighted by atomic mass is 16.6. The van der Waals surface area contributed by atoms with Crippen LogP contribution >= 0.6 is 0 Å². The Balaban J connectivity index is 2.87. The Kier molecular flexibility index (Phi) is 8.96. The SMILES string of the molecule is C=CC(O)C(O)/C=C/C=C/C(O)OC(Cc1cc(O)c(O)cc1[N+](=O)[O-])C(=O)O. The predicted octanol–water partition coefficient (Wildman–Crippen LogP) is 0.357. The molecule has 0 saturated carbocycles. The molecule has 1 rings (SSSR count). The number of rotatable bonds is 11. The summed E-state index contributed by atoms with van der Waals surface area (Å²) in [5, 5.41) is 67.7. The average Bonchev–Trinajstić information content (AvgIpc) is 2.65. The first-order valence-electron chi connectivity index (χ1n) is 8.16. The number of aliphatic hydroxyl groups excluding tert-OH is 3. The topological polar surface area (TPSA) is 191 Å². The van der Waals surface area contributed by atoms with Crippen LogP contribution in [0, 0.1) is 10.1 Å². The van der Waals surface area contributed by atoms with Crippen LogP contribution in [0.2, 0.25) is 0 Å². The molecule has 0 heterocycles. The van der Waals surface area contributed by atoms with Gasteiger partial charge in [0.25, 0.3) is 5.69 Å². The molecule has 11 heteroatoms. The maximum absolute atomic E-state index is 11.4. The highest BCUT2D eigenvalue weighted by Crippen LogP contribution is 2.33. The van der Waals surface area contributed by atoms with E-state index in [1.807, 2.05) is 0 Å². The second kappa shape index (κ2) is 10.9. The second-order valence-electron chi connectivity index (χ2n) is 5.77. The molecule has 0 saturated heterocycles. The molecule has 0 fully saturated rings. The number of allylic oxidation sites excluding steroid dienone is 2. The maximum Gasteiger partial charge on any atom is 0.333 e. The highest BCUT2D eigenvalue weighted by molar-refractivity contribution is 5.73. The molecule has 0 aliphatic rings. The Morgan fingerprint density at radius 2 is 1.72 bits per heavy atom. The van der Waals surface area contributed by atoms with Crippen molar-refractivity contribution in [3.63, 3.8) is 0 Å². The van der Waals surface area contributed by atoms with Crippen molar-refractivity contribution in [3.05, 3.63) is 64.8 Å². The van der Waals surface area contributed by atoms with Crippen molar-refractivity contribution < 1.29 is 45.1 Å². The lowest BCUT2D eigenvalue weighted by atomic mass is 10.0. The molecule has 0 aromatic heterocycles. The number of phenolic OH excluding ortho intramolecular Hbond substituents is 2. The van der Waals surface area contributed by atoms with Gasteiger partial charge in [0.05, 0.1) is 11.0 Å². The van der Waals surface area contributed by atoms with Gasteiger partial charge in [0, 0.05) is 12.0 Å². The minimum Gasteiger partial charge on any atom is -0.504 e. The first-order chi connectivity index (χ1) is 13.6. The van der Waals surface area contributed by atoms with Crippen molar-refractivity contribution >= 4 is 11.7 Å². The van der Waals surface area contributed by atoms with E-state index in [0.717, 1.165) is 18.2 Å². The molecule has 6 N–H and O–H groups in total. The molecule has 1 aromatic carbocycles. The number of carboxylic acid groups (broad SMARTS) is 1. The fourth-order valence-electron chi connectivity index (χ4n) is 2.14. The van der Waals surface area contributed by atoms with Crippen molar-refractivity contribution in [1.29, 1.82) is 0 Å². The van der Waals surface area contributed by atoms with Crippen molar-refractivity contribution in [1.82, 2.24) is 0 Å². The van der Waals surface area contributed by atoms with Crippen molar-refractivity contribution in [2.45, 2.75) is 31.0 Å². The lowest BCUT2D eigenvalue weighted by Crippen LogP contribution is -2.30. The first kappa shape index (κ1) is 23.8. The van der Waals surface area contributed by atoms with Gasteiger partial charge in [-0.05, 0) is 12.1 Å². The van der Waals surface area contributed by atoms with Crippen LogP contribution < -0.4 is 0 Å². The zero-order valence-corrected chi connectivity index (χ0v) is 15.0. The van der Waals surface area contributed by atoms with Crippen molar-refractivity contribution in [2.24, 2.45) is 0 Å². The Morgan fingerprint density at radius 1 is 1.14 bits per heavy atom. The summed E-state index contributed by atoms with van der Waals surface area (Å²) in [6.45, 7) is 3.30. The van der Waals surface area contributed by atoms with Crippen LogP contribution in [-0.4, -0.2) is 66.1 Å². The molecule has 11 nitrogen and oxygen atoms in total. The van der Waals surface area contributed by atoms with E-state index in [4.69, 9.17) is 4.74 Å². The van der Waals surface area contributed by atoms with Crippen LogP contribution in [0.3, 0.4) is 0 Å². The van der Waals surface area contributed by atoms with E-state index in [1.165, 1.54) is 18.2 Å². The van der Waals surface area contributed by atoms with E-state index in [0.29, 0.717) is 6.07 Å². The van der Waals surface area contributed by atoms with E-state index in [2.05, 4.69) is 6.58 Å². The summed E-state index contributed by atoms with van der Waals surface area (Å²) in [4.78, 5) is 21.6. The number of aromatic hydroxyl groups is 2. The molecule has 0 aliphatic heterocycles. The van der Waals surface area contributed by atoms with Crippen LogP contribution in [-0.2, 0) is 16.0 Å². The summed E-state index contributed by atoms with van der Waals surface area (Å²) in [6, 6.07) is 1.51. The third-order valence-corrected chi connectivity index (χ3v) is 3.64. The van der Waals surface area contributed by atoms with Crippen LogP contribution in [0.15, 0.2) is 49.1 Å². The van der Waals surface area contributed by atoms with Gasteiger partial charge < -0.3 is 35.4 Å². The van der Waals surface area contributed by atoms with Gasteiger partial charge in [-0.25, -0.2) is 4.79 Å². The third kappa shape index (κ3) is 7.35. The number of hydrogen-bond donors (Lipinski definition) is 6. The number of phenols is 2. The number of aliphatic hydroxyl groups is 3. The van der Waals surface area contributed by atoms with Crippen LogP contribution in [0.5, 0.6) is 11.5 Å². The Labute approximate surface area is 164 Å². The van der Waals surface area contributed by atoms with Gasteiger partial charge in [-0.3, -0.25) is 10.1 Å². The van der Waals surface area contributed by atoms with E-state index in [1.54, 1.807) is 0 Å². The lowest BCUT2D eigenvalue weighted by molar-refractivity contribution is -0.385. The van der Waals surface area contributed by atoms with Gasteiger partial charge in [0.2, 0.25) is 0 Å². The molecule has 0 amide bonds. The van der Waals surface area contributed by atoms with Gasteiger partial charge in [0.1, 0.15) is 12.2 Å². The van der Waals surface area contributed by atoms with Gasteiger partial charge in [-0.1, -0.05) is 24.3 Å². The normalized spacial score (nSPS) is 15.8. The standard InChI is InChI=1S/C18H21NO10/c1-2-12(20)13(21)5-3-4-6-17(24)29-16(18(25)26)8-10-7-14(22)15(23)9-11(10)19(27)28/h2-7,9,12-13,16-17,20-24H,1,8H2,(H,25,26)/b5-3+,6-4+. The second-order valence-corrected chi connectivity index (χ2v) is 5.77. The minimum atomic E-state index is -1.72. The highest BCUT2D eigenvalue weighted by Gasteiger charge is 2.27. The number of aliphatic carboxylic acids is 1. The molecule has 0 bridgehead atoms. The zero-order valence-electron chi connectivity index (χ0n) is 15.0. The Hall–Kier alpha value is -3.25. The molecule has 0 spiro atoms. The molecule has 158 valence electrons. The number of nitrogens with zero attached hydrogens (tertiary/aromatic N) is 1. The van der Waals surface area contributed by atoms with Gasteiger partial charge in [-0.2, -0.15) is 0 Å². The van der Waals surface area contributed by atoms with Crippen molar-refractivity contribution in [3.8, 4) is 11.5 Å². The molecular formula is C18H21NO10. The monoisotopic (exact) mass is 411 g/mol. The van der Waals surface area contributed by atoms with Crippen LogP contribution in [0.25, 0.3) is 0 Å². The third-order valence-electron chi connectivity index (χ3n) is 3.64. The van der Waals surface area contributed by atoms with E-state index < -0.39 is 59.1 Å². The summed E-state index contributed by atoms with van der Waals surface area (Å²) in [5.74, 6) is -2.95. The Bertz CT molecular complexity index is 804. The molecule has 4 atom stereocenters. The Morgan fingerprint density at radius 3 is 2.28 bits per heavy atom. The van der Waals surface area contributed by atoms with Gasteiger partial charge in [0.15, 0.2) is 23.9 Å². The van der Waals surface area contributed by atoms with E-state index in [9.17, 15) is 45.5 Å². The fourth-order valence-corrected chi connectivity index (χ4v) is 2.14. The summed E-state index contributed by atoms with van der Waals surface area (Å²) in [5.41, 5.74) is -0.854. The number of carboxylic acids is 1. The summed E-state index contributed by atoms with van der Waals surface area (Å²) >= 11 is 0. The molecule has 1 aromatic rings. The number of benzene rings is 1. The maximum atomic E-state index is 11.4. The van der Waals surface area contributed by atoms with Crippen LogP contribution in [0.1, 0.15) is 5.56 Å². The van der Waals surface area contributed by atoms with E-state index in [-0.39, 0.29) is 5.56 Å². The molecule has 0 aliphatic carbocycles. The number of nitro groups is 1. The quantitative estimate of drug-likeness (QED) is 0.0740. The van der Waals surface area contributed by atoms with E-state index >= 15 is 0 Å². The zero-order chi connectivity index (χ0) is 22.1. The lowest BCUT2D eigenvalue weighted by Gasteiger charge is -2.16. The number of carbonyl (C=O) groups is 1. The number of hydrogen-bond acceptors (Lipinski definition) is 9. The molecule has 4 unspecified atom stereocenters. The summed E-state index contributed by atoms with van der Waals surface area (Å²) in [7, 11) is 0. The number of ether oxygens (including phenoxy) is 1. The van der Waals surface area contributed by atoms with Gasteiger partial charge >= 0.3 is 5.97 Å². The molecule has 0 radical (unpaired) electrons. The summed E-state index contributed by atoms with van der Waals surface area (Å²) in [6.07, 6.45) is -0.602.